The quantitative estimate of drug-likeness (QED) is 0.728. The second-order valence-corrected chi connectivity index (χ2v) is 3.96. The lowest BCUT2D eigenvalue weighted by Gasteiger charge is -2.05. The number of fused-ring (bicyclic) bond motifs is 1. The first-order valence-electron chi connectivity index (χ1n) is 5.48. The Morgan fingerprint density at radius 1 is 1.00 bits per heavy atom. The summed E-state index contributed by atoms with van der Waals surface area (Å²) in [5, 5.41) is 0.564. The Balaban J connectivity index is 2.24. The zero-order valence-electron chi connectivity index (χ0n) is 9.64. The Labute approximate surface area is 107 Å². The summed E-state index contributed by atoms with van der Waals surface area (Å²) in [6.07, 6.45) is 2.82. The molecule has 0 saturated heterocycles. The standard InChI is InChI=1S/C13H8F2N4/c14-9-2-1-3-10(15)11(9)7-4-8-6-18-13(16)19-12(8)17-5-7/h1-6H,(H2,16,17,18,19). The number of pyridine rings is 1. The molecule has 94 valence electrons. The van der Waals surface area contributed by atoms with Crippen molar-refractivity contribution in [2.45, 2.75) is 0 Å². The minimum Gasteiger partial charge on any atom is -0.368 e. The first-order valence-corrected chi connectivity index (χ1v) is 5.48. The molecule has 6 heteroatoms. The number of nitrogen functional groups attached to an aromatic ring is 1. The summed E-state index contributed by atoms with van der Waals surface area (Å²) in [5.41, 5.74) is 6.03. The lowest BCUT2D eigenvalue weighted by Crippen LogP contribution is -1.96. The topological polar surface area (TPSA) is 64.7 Å². The molecule has 3 rings (SSSR count). The van der Waals surface area contributed by atoms with Crippen LogP contribution in [0.15, 0.2) is 36.7 Å². The summed E-state index contributed by atoms with van der Waals surface area (Å²) in [6, 6.07) is 5.28. The molecule has 1 aromatic carbocycles. The van der Waals surface area contributed by atoms with E-state index in [1.807, 2.05) is 0 Å². The SMILES string of the molecule is Nc1ncc2cc(-c3c(F)cccc3F)cnc2n1. The zero-order valence-corrected chi connectivity index (χ0v) is 9.64. The number of anilines is 1. The maximum atomic E-state index is 13.7. The van der Waals surface area contributed by atoms with E-state index in [9.17, 15) is 8.78 Å². The number of halogens is 2. The van der Waals surface area contributed by atoms with E-state index in [0.717, 1.165) is 0 Å². The van der Waals surface area contributed by atoms with Gasteiger partial charge in [0.25, 0.3) is 0 Å². The Morgan fingerprint density at radius 3 is 2.47 bits per heavy atom. The second-order valence-electron chi connectivity index (χ2n) is 3.96. The minimum absolute atomic E-state index is 0.102. The average molecular weight is 258 g/mol. The lowest BCUT2D eigenvalue weighted by atomic mass is 10.1. The van der Waals surface area contributed by atoms with Crippen molar-refractivity contribution in [2.24, 2.45) is 0 Å². The van der Waals surface area contributed by atoms with E-state index in [1.54, 1.807) is 6.07 Å². The monoisotopic (exact) mass is 258 g/mol. The molecular weight excluding hydrogens is 250 g/mol. The van der Waals surface area contributed by atoms with Crippen LogP contribution in [-0.2, 0) is 0 Å². The molecule has 19 heavy (non-hydrogen) atoms. The zero-order chi connectivity index (χ0) is 13.4. The van der Waals surface area contributed by atoms with Crippen LogP contribution < -0.4 is 5.73 Å². The highest BCUT2D eigenvalue weighted by Crippen LogP contribution is 2.27. The number of hydrogen-bond acceptors (Lipinski definition) is 4. The molecule has 2 aromatic heterocycles. The van der Waals surface area contributed by atoms with Gasteiger partial charge in [-0.15, -0.1) is 0 Å². The van der Waals surface area contributed by atoms with Crippen LogP contribution in [0.3, 0.4) is 0 Å². The van der Waals surface area contributed by atoms with Crippen molar-refractivity contribution >= 4 is 17.0 Å². The normalized spacial score (nSPS) is 10.8. The number of nitrogens with two attached hydrogens (primary N) is 1. The van der Waals surface area contributed by atoms with Crippen molar-refractivity contribution in [1.82, 2.24) is 15.0 Å². The van der Waals surface area contributed by atoms with Crippen LogP contribution in [0.4, 0.5) is 14.7 Å². The summed E-state index contributed by atoms with van der Waals surface area (Å²) < 4.78 is 27.4. The highest BCUT2D eigenvalue weighted by atomic mass is 19.1. The van der Waals surface area contributed by atoms with Crippen LogP contribution in [0, 0.1) is 11.6 Å². The maximum Gasteiger partial charge on any atom is 0.222 e. The molecule has 4 nitrogen and oxygen atoms in total. The van der Waals surface area contributed by atoms with Gasteiger partial charge in [-0.25, -0.2) is 18.7 Å². The molecule has 0 bridgehead atoms. The molecule has 3 aromatic rings. The highest BCUT2D eigenvalue weighted by Gasteiger charge is 2.12. The molecule has 0 aliphatic carbocycles. The van der Waals surface area contributed by atoms with Gasteiger partial charge in [0.05, 0.1) is 5.56 Å². The smallest absolute Gasteiger partial charge is 0.222 e. The number of nitrogens with zero attached hydrogens (tertiary/aromatic N) is 3. The molecule has 0 aliphatic rings. The minimum atomic E-state index is -0.641. The average Bonchev–Trinajstić information content (AvgIpc) is 2.38. The van der Waals surface area contributed by atoms with Crippen molar-refractivity contribution < 1.29 is 8.78 Å². The van der Waals surface area contributed by atoms with Gasteiger partial charge in [0.2, 0.25) is 5.95 Å². The molecular formula is C13H8F2N4. The van der Waals surface area contributed by atoms with Gasteiger partial charge in [-0.1, -0.05) is 6.07 Å². The van der Waals surface area contributed by atoms with Crippen molar-refractivity contribution in [2.75, 3.05) is 5.73 Å². The van der Waals surface area contributed by atoms with Gasteiger partial charge < -0.3 is 5.73 Å². The molecule has 0 aliphatic heterocycles. The van der Waals surface area contributed by atoms with Gasteiger partial charge in [-0.3, -0.25) is 0 Å². The van der Waals surface area contributed by atoms with E-state index in [1.165, 1.54) is 30.6 Å². The van der Waals surface area contributed by atoms with Crippen LogP contribution in [0.1, 0.15) is 0 Å². The predicted molar refractivity (Wildman–Crippen MR) is 67.1 cm³/mol. The summed E-state index contributed by atoms with van der Waals surface area (Å²) in [6.45, 7) is 0. The fourth-order valence-electron chi connectivity index (χ4n) is 1.85. The predicted octanol–water partition coefficient (Wildman–Crippen LogP) is 2.55. The van der Waals surface area contributed by atoms with E-state index >= 15 is 0 Å². The summed E-state index contributed by atoms with van der Waals surface area (Å²) in [7, 11) is 0. The lowest BCUT2D eigenvalue weighted by molar-refractivity contribution is 0.589. The van der Waals surface area contributed by atoms with Crippen molar-refractivity contribution in [3.8, 4) is 11.1 Å². The van der Waals surface area contributed by atoms with E-state index in [0.29, 0.717) is 16.6 Å². The summed E-state index contributed by atoms with van der Waals surface area (Å²) >= 11 is 0. The van der Waals surface area contributed by atoms with Gasteiger partial charge >= 0.3 is 0 Å². The Hall–Kier alpha value is -2.63. The Morgan fingerprint density at radius 2 is 1.74 bits per heavy atom. The molecule has 0 fully saturated rings. The Bertz CT molecular complexity index is 753. The van der Waals surface area contributed by atoms with Crippen LogP contribution in [-0.4, -0.2) is 15.0 Å². The van der Waals surface area contributed by atoms with E-state index < -0.39 is 11.6 Å². The molecule has 0 unspecified atom stereocenters. The van der Waals surface area contributed by atoms with E-state index in [-0.39, 0.29) is 11.5 Å². The first kappa shape index (κ1) is 11.5. The third kappa shape index (κ3) is 1.97. The van der Waals surface area contributed by atoms with Gasteiger partial charge in [-0.05, 0) is 18.2 Å². The van der Waals surface area contributed by atoms with Gasteiger partial charge in [0.1, 0.15) is 11.6 Å². The largest absolute Gasteiger partial charge is 0.368 e. The molecule has 0 amide bonds. The number of rotatable bonds is 1. The van der Waals surface area contributed by atoms with Crippen LogP contribution >= 0.6 is 0 Å². The van der Waals surface area contributed by atoms with Crippen molar-refractivity contribution in [3.05, 3.63) is 48.3 Å². The molecule has 2 heterocycles. The van der Waals surface area contributed by atoms with Crippen LogP contribution in [0.25, 0.3) is 22.2 Å². The van der Waals surface area contributed by atoms with Crippen LogP contribution in [0.5, 0.6) is 0 Å². The number of hydrogen-bond donors (Lipinski definition) is 1. The van der Waals surface area contributed by atoms with Crippen molar-refractivity contribution in [3.63, 3.8) is 0 Å². The molecule has 0 atom stereocenters. The number of benzene rings is 1. The van der Waals surface area contributed by atoms with Gasteiger partial charge in [0, 0.05) is 23.3 Å². The molecule has 2 N–H and O–H groups in total. The third-order valence-electron chi connectivity index (χ3n) is 2.70. The maximum absolute atomic E-state index is 13.7. The third-order valence-corrected chi connectivity index (χ3v) is 2.70. The summed E-state index contributed by atoms with van der Waals surface area (Å²) in [4.78, 5) is 11.8. The first-order chi connectivity index (χ1) is 9.15. The second kappa shape index (κ2) is 4.24. The summed E-state index contributed by atoms with van der Waals surface area (Å²) in [5.74, 6) is -1.18. The fourth-order valence-corrected chi connectivity index (χ4v) is 1.85. The van der Waals surface area contributed by atoms with Crippen LogP contribution in [0.2, 0.25) is 0 Å². The molecule has 0 spiro atoms. The van der Waals surface area contributed by atoms with E-state index in [4.69, 9.17) is 5.73 Å². The number of aromatic nitrogens is 3. The molecule has 0 saturated carbocycles. The van der Waals surface area contributed by atoms with E-state index in [2.05, 4.69) is 15.0 Å². The van der Waals surface area contributed by atoms with Gasteiger partial charge in [-0.2, -0.15) is 4.98 Å². The fraction of sp³-hybridized carbons (Fsp3) is 0. The highest BCUT2D eigenvalue weighted by molar-refractivity contribution is 5.80. The molecule has 0 radical (unpaired) electrons. The van der Waals surface area contributed by atoms with Gasteiger partial charge in [0.15, 0.2) is 5.65 Å². The Kier molecular flexibility index (Phi) is 2.56. The van der Waals surface area contributed by atoms with Crippen molar-refractivity contribution in [1.29, 1.82) is 0 Å².